The molecule has 23 heavy (non-hydrogen) atoms. The van der Waals surface area contributed by atoms with Crippen molar-refractivity contribution in [2.24, 2.45) is 0 Å². The van der Waals surface area contributed by atoms with Gasteiger partial charge in [-0.1, -0.05) is 24.3 Å². The van der Waals surface area contributed by atoms with Gasteiger partial charge in [0.1, 0.15) is 10.8 Å². The summed E-state index contributed by atoms with van der Waals surface area (Å²) in [5, 5.41) is 17.7. The van der Waals surface area contributed by atoms with Crippen LogP contribution in [-0.2, 0) is 0 Å². The van der Waals surface area contributed by atoms with Crippen LogP contribution in [-0.4, -0.2) is 20.3 Å². The Balaban J connectivity index is 1.70. The van der Waals surface area contributed by atoms with E-state index in [0.29, 0.717) is 5.69 Å². The Morgan fingerprint density at radius 2 is 1.65 bits per heavy atom. The number of halogens is 1. The number of benzene rings is 2. The first kappa shape index (κ1) is 13.8. The largest absolute Gasteiger partial charge is 0.508 e. The number of hydrogen-bond acceptors (Lipinski definition) is 5. The van der Waals surface area contributed by atoms with Crippen LogP contribution >= 0.6 is 11.3 Å². The van der Waals surface area contributed by atoms with Gasteiger partial charge in [0.15, 0.2) is 0 Å². The van der Waals surface area contributed by atoms with Gasteiger partial charge in [0.05, 0.1) is 15.9 Å². The first-order chi connectivity index (χ1) is 11.2. The van der Waals surface area contributed by atoms with Crippen molar-refractivity contribution in [2.45, 2.75) is 0 Å². The van der Waals surface area contributed by atoms with Gasteiger partial charge in [-0.2, -0.15) is 4.39 Å². The average molecular weight is 323 g/mol. The first-order valence-corrected chi connectivity index (χ1v) is 7.70. The lowest BCUT2D eigenvalue weighted by atomic mass is 10.1. The van der Waals surface area contributed by atoms with Crippen LogP contribution in [0.3, 0.4) is 0 Å². The van der Waals surface area contributed by atoms with Crippen LogP contribution < -0.4 is 0 Å². The van der Waals surface area contributed by atoms with Gasteiger partial charge in [-0.15, -0.1) is 21.5 Å². The van der Waals surface area contributed by atoms with Crippen molar-refractivity contribution in [3.05, 3.63) is 60.5 Å². The number of nitrogens with zero attached hydrogens (tertiary/aromatic N) is 3. The molecule has 0 amide bonds. The topological polar surface area (TPSA) is 58.9 Å². The van der Waals surface area contributed by atoms with Crippen molar-refractivity contribution in [3.63, 3.8) is 0 Å². The van der Waals surface area contributed by atoms with E-state index in [2.05, 4.69) is 15.2 Å². The zero-order valence-electron chi connectivity index (χ0n) is 11.8. The van der Waals surface area contributed by atoms with Crippen LogP contribution in [0.15, 0.2) is 54.6 Å². The van der Waals surface area contributed by atoms with Gasteiger partial charge in [-0.3, -0.25) is 0 Å². The molecule has 0 bridgehead atoms. The van der Waals surface area contributed by atoms with Crippen molar-refractivity contribution in [2.75, 3.05) is 0 Å². The van der Waals surface area contributed by atoms with E-state index in [9.17, 15) is 9.50 Å². The maximum atomic E-state index is 12.8. The SMILES string of the molecule is Oc1ccc2nc(-c3ccc(-c4ccc(F)nn4)cc3)sc2c1. The molecule has 0 radical (unpaired) electrons. The minimum Gasteiger partial charge on any atom is -0.508 e. The van der Waals surface area contributed by atoms with E-state index >= 15 is 0 Å². The fraction of sp³-hybridized carbons (Fsp3) is 0. The molecule has 0 fully saturated rings. The Labute approximate surface area is 134 Å². The molecule has 0 unspecified atom stereocenters. The number of aromatic nitrogens is 3. The van der Waals surface area contributed by atoms with E-state index in [4.69, 9.17) is 0 Å². The molecule has 112 valence electrons. The third-order valence-electron chi connectivity index (χ3n) is 3.43. The second kappa shape index (κ2) is 5.40. The minimum absolute atomic E-state index is 0.234. The molecule has 4 rings (SSSR count). The molecule has 4 aromatic rings. The lowest BCUT2D eigenvalue weighted by Gasteiger charge is -2.01. The van der Waals surface area contributed by atoms with Crippen molar-refractivity contribution in [1.29, 1.82) is 0 Å². The highest BCUT2D eigenvalue weighted by molar-refractivity contribution is 7.21. The zero-order valence-corrected chi connectivity index (χ0v) is 12.6. The van der Waals surface area contributed by atoms with Gasteiger partial charge in [-0.05, 0) is 30.3 Å². The second-order valence-electron chi connectivity index (χ2n) is 4.99. The third-order valence-corrected chi connectivity index (χ3v) is 4.50. The summed E-state index contributed by atoms with van der Waals surface area (Å²) in [5.74, 6) is -0.360. The second-order valence-corrected chi connectivity index (χ2v) is 6.02. The van der Waals surface area contributed by atoms with Gasteiger partial charge < -0.3 is 5.11 Å². The maximum Gasteiger partial charge on any atom is 0.233 e. The van der Waals surface area contributed by atoms with Crippen LogP contribution in [0, 0.1) is 5.95 Å². The lowest BCUT2D eigenvalue weighted by Crippen LogP contribution is -1.90. The number of fused-ring (bicyclic) bond motifs is 1. The highest BCUT2D eigenvalue weighted by atomic mass is 32.1. The Hall–Kier alpha value is -2.86. The summed E-state index contributed by atoms with van der Waals surface area (Å²) in [6.07, 6.45) is 0. The lowest BCUT2D eigenvalue weighted by molar-refractivity contribution is 0.476. The van der Waals surface area contributed by atoms with E-state index in [1.54, 1.807) is 24.3 Å². The molecule has 2 aromatic heterocycles. The number of hydrogen-bond donors (Lipinski definition) is 1. The summed E-state index contributed by atoms with van der Waals surface area (Å²) in [6.45, 7) is 0. The van der Waals surface area contributed by atoms with Crippen molar-refractivity contribution in [3.8, 4) is 27.6 Å². The number of phenolic OH excluding ortho intramolecular Hbond substituents is 1. The molecule has 0 aliphatic carbocycles. The van der Waals surface area contributed by atoms with Crippen LogP contribution in [0.4, 0.5) is 4.39 Å². The van der Waals surface area contributed by atoms with Gasteiger partial charge in [-0.25, -0.2) is 4.98 Å². The van der Waals surface area contributed by atoms with Gasteiger partial charge in [0.25, 0.3) is 0 Å². The summed E-state index contributed by atoms with van der Waals surface area (Å²) in [7, 11) is 0. The highest BCUT2D eigenvalue weighted by Gasteiger charge is 2.08. The zero-order chi connectivity index (χ0) is 15.8. The molecule has 1 N–H and O–H groups in total. The highest BCUT2D eigenvalue weighted by Crippen LogP contribution is 2.32. The van der Waals surface area contributed by atoms with Crippen LogP contribution in [0.5, 0.6) is 5.75 Å². The monoisotopic (exact) mass is 323 g/mol. The predicted molar refractivity (Wildman–Crippen MR) is 87.7 cm³/mol. The Morgan fingerprint density at radius 3 is 2.39 bits per heavy atom. The summed E-state index contributed by atoms with van der Waals surface area (Å²) >= 11 is 1.52. The average Bonchev–Trinajstić information content (AvgIpc) is 2.99. The number of phenols is 1. The van der Waals surface area contributed by atoms with Crippen molar-refractivity contribution < 1.29 is 9.50 Å². The normalized spacial score (nSPS) is 11.0. The Morgan fingerprint density at radius 1 is 0.870 bits per heavy atom. The molecular formula is C17H10FN3OS. The minimum atomic E-state index is -0.594. The van der Waals surface area contributed by atoms with Gasteiger partial charge >= 0.3 is 0 Å². The number of thiazole rings is 1. The van der Waals surface area contributed by atoms with Crippen molar-refractivity contribution >= 4 is 21.6 Å². The molecule has 6 heteroatoms. The van der Waals surface area contributed by atoms with Crippen LogP contribution in [0.1, 0.15) is 0 Å². The number of rotatable bonds is 2. The van der Waals surface area contributed by atoms with E-state index < -0.39 is 5.95 Å². The third kappa shape index (κ3) is 2.64. The molecule has 0 saturated heterocycles. The molecule has 0 aliphatic rings. The quantitative estimate of drug-likeness (QED) is 0.598. The van der Waals surface area contributed by atoms with Gasteiger partial charge in [0, 0.05) is 11.1 Å². The molecule has 0 spiro atoms. The standard InChI is InChI=1S/C17H10FN3OS/c18-16-8-7-13(20-21-16)10-1-3-11(4-2-10)17-19-14-6-5-12(22)9-15(14)23-17/h1-9,22H. The summed E-state index contributed by atoms with van der Waals surface area (Å²) in [5.41, 5.74) is 3.31. The van der Waals surface area contributed by atoms with E-state index in [-0.39, 0.29) is 5.75 Å². The Bertz CT molecular complexity index is 981. The van der Waals surface area contributed by atoms with Gasteiger partial charge in [0.2, 0.25) is 5.95 Å². The number of aromatic hydroxyl groups is 1. The van der Waals surface area contributed by atoms with E-state index in [1.807, 2.05) is 24.3 Å². The summed E-state index contributed by atoms with van der Waals surface area (Å²) in [6, 6.07) is 15.7. The molecule has 2 aromatic carbocycles. The molecular weight excluding hydrogens is 313 g/mol. The predicted octanol–water partition coefficient (Wildman–Crippen LogP) is 4.27. The van der Waals surface area contributed by atoms with Crippen LogP contribution in [0.25, 0.3) is 32.0 Å². The van der Waals surface area contributed by atoms with E-state index in [0.717, 1.165) is 26.4 Å². The molecule has 2 heterocycles. The fourth-order valence-corrected chi connectivity index (χ4v) is 3.29. The molecule has 0 atom stereocenters. The Kier molecular flexibility index (Phi) is 3.24. The van der Waals surface area contributed by atoms with Crippen molar-refractivity contribution in [1.82, 2.24) is 15.2 Å². The maximum absolute atomic E-state index is 12.8. The fourth-order valence-electron chi connectivity index (χ4n) is 2.29. The summed E-state index contributed by atoms with van der Waals surface area (Å²) in [4.78, 5) is 4.57. The molecule has 0 aliphatic heterocycles. The smallest absolute Gasteiger partial charge is 0.233 e. The molecule has 0 saturated carbocycles. The summed E-state index contributed by atoms with van der Waals surface area (Å²) < 4.78 is 13.8. The first-order valence-electron chi connectivity index (χ1n) is 6.89. The molecule has 4 nitrogen and oxygen atoms in total. The van der Waals surface area contributed by atoms with E-state index in [1.165, 1.54) is 17.4 Å². The van der Waals surface area contributed by atoms with Crippen LogP contribution in [0.2, 0.25) is 0 Å².